The number of primary amides is 1. The van der Waals surface area contributed by atoms with Gasteiger partial charge >= 0.3 is 0 Å². The summed E-state index contributed by atoms with van der Waals surface area (Å²) in [7, 11) is 3.50. The van der Waals surface area contributed by atoms with E-state index in [1.54, 1.807) is 19.3 Å². The number of carbonyl (C=O) groups is 3. The Balaban J connectivity index is 1.43. The van der Waals surface area contributed by atoms with Gasteiger partial charge in [0, 0.05) is 56.3 Å². The highest BCUT2D eigenvalue weighted by molar-refractivity contribution is 5.94. The molecule has 8 nitrogen and oxygen atoms in total. The third kappa shape index (κ3) is 3.63. The van der Waals surface area contributed by atoms with Crippen molar-refractivity contribution in [1.29, 1.82) is 0 Å². The van der Waals surface area contributed by atoms with E-state index in [1.165, 1.54) is 10.6 Å². The summed E-state index contributed by atoms with van der Waals surface area (Å²) in [5.74, 6) is -0.567. The van der Waals surface area contributed by atoms with Crippen LogP contribution in [0.5, 0.6) is 0 Å². The van der Waals surface area contributed by atoms with E-state index in [2.05, 4.69) is 0 Å². The van der Waals surface area contributed by atoms with Crippen LogP contribution < -0.4 is 11.3 Å². The second kappa shape index (κ2) is 7.89. The monoisotopic (exact) mass is 414 g/mol. The van der Waals surface area contributed by atoms with Crippen molar-refractivity contribution in [2.75, 3.05) is 7.05 Å². The summed E-state index contributed by atoms with van der Waals surface area (Å²) in [4.78, 5) is 53.0. The summed E-state index contributed by atoms with van der Waals surface area (Å²) in [5.41, 5.74) is 5.80. The molecule has 5 atom stereocenters. The molecule has 1 unspecified atom stereocenters. The lowest BCUT2D eigenvalue weighted by molar-refractivity contribution is -0.137. The third-order valence-corrected chi connectivity index (χ3v) is 7.36. The number of carbonyl (C=O) groups excluding carboxylic acids is 3. The van der Waals surface area contributed by atoms with E-state index < -0.39 is 0 Å². The molecule has 2 N–H and O–H groups in total. The Bertz CT molecular complexity index is 912. The number of nitrogens with zero attached hydrogens (tertiary/aromatic N) is 3. The van der Waals surface area contributed by atoms with Gasteiger partial charge in [-0.15, -0.1) is 0 Å². The van der Waals surface area contributed by atoms with E-state index in [4.69, 9.17) is 5.73 Å². The molecule has 3 aliphatic rings. The van der Waals surface area contributed by atoms with Crippen LogP contribution in [0.25, 0.3) is 0 Å². The molecule has 30 heavy (non-hydrogen) atoms. The van der Waals surface area contributed by atoms with Crippen LogP contribution in [0.15, 0.2) is 23.1 Å². The van der Waals surface area contributed by atoms with Crippen molar-refractivity contribution in [2.45, 2.75) is 63.1 Å². The first kappa shape index (κ1) is 20.6. The van der Waals surface area contributed by atoms with Crippen molar-refractivity contribution >= 4 is 17.7 Å². The lowest BCUT2D eigenvalue weighted by atomic mass is 9.93. The quantitative estimate of drug-likeness (QED) is 0.789. The molecule has 4 rings (SSSR count). The number of aryl methyl sites for hydroxylation is 1. The van der Waals surface area contributed by atoms with Crippen molar-refractivity contribution in [2.24, 2.45) is 24.6 Å². The summed E-state index contributed by atoms with van der Waals surface area (Å²) in [5, 5.41) is 0. The minimum Gasteiger partial charge on any atom is -0.369 e. The Morgan fingerprint density at radius 3 is 2.20 bits per heavy atom. The average Bonchev–Trinajstić information content (AvgIpc) is 3.31. The summed E-state index contributed by atoms with van der Waals surface area (Å²) in [6.07, 6.45) is 6.97. The van der Waals surface area contributed by atoms with E-state index in [9.17, 15) is 19.2 Å². The van der Waals surface area contributed by atoms with Crippen LogP contribution in [0.1, 0.15) is 55.3 Å². The highest BCUT2D eigenvalue weighted by atomic mass is 16.2. The van der Waals surface area contributed by atoms with E-state index in [-0.39, 0.29) is 53.2 Å². The maximum absolute atomic E-state index is 13.1. The first-order valence-corrected chi connectivity index (χ1v) is 10.8. The van der Waals surface area contributed by atoms with Crippen LogP contribution in [-0.4, -0.2) is 57.3 Å². The second-order valence-electron chi connectivity index (χ2n) is 9.15. The molecular formula is C22H30N4O4. The molecule has 2 aliphatic heterocycles. The van der Waals surface area contributed by atoms with Gasteiger partial charge in [-0.3, -0.25) is 19.2 Å². The smallest absolute Gasteiger partial charge is 0.255 e. The van der Waals surface area contributed by atoms with Crippen molar-refractivity contribution in [3.05, 3.63) is 34.2 Å². The Morgan fingerprint density at radius 1 is 1.00 bits per heavy atom. The maximum atomic E-state index is 13.1. The summed E-state index contributed by atoms with van der Waals surface area (Å²) < 4.78 is 1.43. The highest BCUT2D eigenvalue weighted by Crippen LogP contribution is 2.39. The molecule has 3 fully saturated rings. The standard InChI is InChI=1S/C22H30N4O4/c1-24-12-15(5-8-19(24)27)22(30)26-16-6-7-17(26)11-18(10-16)25(2)21(29)14-4-3-13(9-14)20(23)28/h5,8,12-14,16-18H,3-4,6-7,9-11H2,1-2H3,(H2,23,28)/t13-,14+,16-,17+,18?/m0/s1. The van der Waals surface area contributed by atoms with Crippen LogP contribution in [0.4, 0.5) is 0 Å². The summed E-state index contributed by atoms with van der Waals surface area (Å²) >= 11 is 0. The number of amides is 3. The van der Waals surface area contributed by atoms with Gasteiger partial charge in [0.15, 0.2) is 0 Å². The molecule has 3 amide bonds. The zero-order valence-corrected chi connectivity index (χ0v) is 17.6. The van der Waals surface area contributed by atoms with Crippen molar-refractivity contribution < 1.29 is 14.4 Å². The number of hydrogen-bond acceptors (Lipinski definition) is 4. The molecule has 3 heterocycles. The Kier molecular flexibility index (Phi) is 5.42. The number of pyridine rings is 1. The van der Waals surface area contributed by atoms with Gasteiger partial charge in [-0.25, -0.2) is 0 Å². The molecule has 1 aromatic heterocycles. The Hall–Kier alpha value is -2.64. The fourth-order valence-electron chi connectivity index (χ4n) is 5.60. The molecule has 1 saturated carbocycles. The molecule has 1 aromatic rings. The van der Waals surface area contributed by atoms with Crippen LogP contribution >= 0.6 is 0 Å². The number of aromatic nitrogens is 1. The third-order valence-electron chi connectivity index (χ3n) is 7.36. The SMILES string of the molecule is CN(C(=O)[C@@H]1CC[C@H](C(N)=O)C1)C1C[C@H]2CC[C@@H](C1)N2C(=O)c1ccc(=O)n(C)c1. The van der Waals surface area contributed by atoms with Crippen LogP contribution in [-0.2, 0) is 16.6 Å². The first-order chi connectivity index (χ1) is 14.3. The number of fused-ring (bicyclic) bond motifs is 2. The first-order valence-electron chi connectivity index (χ1n) is 10.8. The number of rotatable bonds is 4. The van der Waals surface area contributed by atoms with Gasteiger partial charge in [-0.1, -0.05) is 0 Å². The van der Waals surface area contributed by atoms with E-state index in [1.807, 2.05) is 16.8 Å². The van der Waals surface area contributed by atoms with Crippen LogP contribution in [0.2, 0.25) is 0 Å². The van der Waals surface area contributed by atoms with E-state index >= 15 is 0 Å². The minimum atomic E-state index is -0.309. The van der Waals surface area contributed by atoms with Gasteiger partial charge in [-0.2, -0.15) is 0 Å². The van der Waals surface area contributed by atoms with Crippen molar-refractivity contribution in [3.63, 3.8) is 0 Å². The lowest BCUT2D eigenvalue weighted by Gasteiger charge is -2.42. The molecule has 162 valence electrons. The molecular weight excluding hydrogens is 384 g/mol. The maximum Gasteiger partial charge on any atom is 0.255 e. The van der Waals surface area contributed by atoms with Crippen LogP contribution in [0, 0.1) is 11.8 Å². The fraction of sp³-hybridized carbons (Fsp3) is 0.636. The van der Waals surface area contributed by atoms with Gasteiger partial charge in [-0.05, 0) is 51.0 Å². The van der Waals surface area contributed by atoms with Gasteiger partial charge in [0.1, 0.15) is 0 Å². The van der Waals surface area contributed by atoms with E-state index in [0.717, 1.165) is 25.7 Å². The molecule has 0 radical (unpaired) electrons. The molecule has 0 spiro atoms. The van der Waals surface area contributed by atoms with Crippen LogP contribution in [0.3, 0.4) is 0 Å². The second-order valence-corrected chi connectivity index (χ2v) is 9.15. The van der Waals surface area contributed by atoms with Gasteiger partial charge < -0.3 is 20.1 Å². The van der Waals surface area contributed by atoms with Gasteiger partial charge in [0.05, 0.1) is 5.56 Å². The number of piperidine rings is 1. The topological polar surface area (TPSA) is 106 Å². The molecule has 2 saturated heterocycles. The molecule has 2 bridgehead atoms. The van der Waals surface area contributed by atoms with Gasteiger partial charge in [0.2, 0.25) is 17.4 Å². The van der Waals surface area contributed by atoms with E-state index in [0.29, 0.717) is 24.8 Å². The zero-order chi connectivity index (χ0) is 21.6. The predicted molar refractivity (Wildman–Crippen MR) is 110 cm³/mol. The number of hydrogen-bond donors (Lipinski definition) is 1. The fourth-order valence-corrected chi connectivity index (χ4v) is 5.60. The lowest BCUT2D eigenvalue weighted by Crippen LogP contribution is -2.53. The van der Waals surface area contributed by atoms with Gasteiger partial charge in [0.25, 0.3) is 5.91 Å². The Labute approximate surface area is 176 Å². The largest absolute Gasteiger partial charge is 0.369 e. The normalized spacial score (nSPS) is 30.3. The summed E-state index contributed by atoms with van der Waals surface area (Å²) in [6.45, 7) is 0. The Morgan fingerprint density at radius 2 is 1.63 bits per heavy atom. The summed E-state index contributed by atoms with van der Waals surface area (Å²) in [6, 6.07) is 3.34. The average molecular weight is 415 g/mol. The molecule has 8 heteroatoms. The molecule has 1 aliphatic carbocycles. The minimum absolute atomic E-state index is 0.0365. The predicted octanol–water partition coefficient (Wildman–Crippen LogP) is 0.881. The number of nitrogens with two attached hydrogens (primary N) is 1. The van der Waals surface area contributed by atoms with Crippen molar-refractivity contribution in [3.8, 4) is 0 Å². The van der Waals surface area contributed by atoms with Crippen molar-refractivity contribution in [1.82, 2.24) is 14.4 Å². The zero-order valence-electron chi connectivity index (χ0n) is 17.6. The molecule has 0 aromatic carbocycles. The highest BCUT2D eigenvalue weighted by Gasteiger charge is 2.46.